The normalized spacial score (nSPS) is 17.6. The molecular weight excluding hydrogens is 393 g/mol. The highest BCUT2D eigenvalue weighted by atomic mass is 35.5. The van der Waals surface area contributed by atoms with Gasteiger partial charge in [-0.05, 0) is 42.3 Å². The second kappa shape index (κ2) is 8.35. The van der Waals surface area contributed by atoms with Crippen LogP contribution in [0, 0.1) is 5.82 Å². The third kappa shape index (κ3) is 5.04. The van der Waals surface area contributed by atoms with Gasteiger partial charge < -0.3 is 5.32 Å². The molecule has 1 aliphatic rings. The maximum absolute atomic E-state index is 13.4. The number of carbonyl (C=O) groups excluding carboxylic acids is 1. The van der Waals surface area contributed by atoms with Crippen LogP contribution in [0.1, 0.15) is 12.0 Å². The van der Waals surface area contributed by atoms with E-state index in [1.165, 1.54) is 22.5 Å². The van der Waals surface area contributed by atoms with Crippen LogP contribution in [0.2, 0.25) is 5.02 Å². The molecule has 1 heterocycles. The van der Waals surface area contributed by atoms with E-state index < -0.39 is 21.9 Å². The van der Waals surface area contributed by atoms with Gasteiger partial charge in [0.05, 0.1) is 6.54 Å². The van der Waals surface area contributed by atoms with Crippen molar-refractivity contribution in [2.75, 3.05) is 25.0 Å². The van der Waals surface area contributed by atoms with Gasteiger partial charge in [0.25, 0.3) is 10.2 Å². The van der Waals surface area contributed by atoms with E-state index in [0.29, 0.717) is 29.2 Å². The summed E-state index contributed by atoms with van der Waals surface area (Å²) in [5.74, 6) is -0.867. The maximum Gasteiger partial charge on any atom is 0.282 e. The van der Waals surface area contributed by atoms with Crippen molar-refractivity contribution < 1.29 is 17.6 Å². The highest BCUT2D eigenvalue weighted by Crippen LogP contribution is 2.20. The summed E-state index contributed by atoms with van der Waals surface area (Å²) in [5.41, 5.74) is 1.06. The molecule has 3 rings (SSSR count). The van der Waals surface area contributed by atoms with Crippen molar-refractivity contribution in [1.29, 1.82) is 0 Å². The average Bonchev–Trinajstić information content (AvgIpc) is 2.59. The summed E-state index contributed by atoms with van der Waals surface area (Å²) >= 11 is 5.88. The predicted octanol–water partition coefficient (Wildman–Crippen LogP) is 2.87. The number of nitrogens with one attached hydrogen (secondary N) is 1. The maximum atomic E-state index is 13.4. The Bertz CT molecular complexity index is 939. The summed E-state index contributed by atoms with van der Waals surface area (Å²) in [6, 6.07) is 12.4. The largest absolute Gasteiger partial charge is 0.325 e. The number of halogens is 2. The van der Waals surface area contributed by atoms with E-state index in [1.807, 2.05) is 0 Å². The Kier molecular flexibility index (Phi) is 6.11. The van der Waals surface area contributed by atoms with E-state index in [-0.39, 0.29) is 19.6 Å². The van der Waals surface area contributed by atoms with Crippen molar-refractivity contribution in [2.45, 2.75) is 13.0 Å². The molecule has 1 fully saturated rings. The summed E-state index contributed by atoms with van der Waals surface area (Å²) < 4.78 is 41.4. The fourth-order valence-electron chi connectivity index (χ4n) is 2.90. The Morgan fingerprint density at radius 2 is 1.85 bits per heavy atom. The van der Waals surface area contributed by atoms with Gasteiger partial charge in [0.15, 0.2) is 0 Å². The zero-order valence-corrected chi connectivity index (χ0v) is 16.0. The Hall–Kier alpha value is -2.00. The zero-order chi connectivity index (χ0) is 19.4. The lowest BCUT2D eigenvalue weighted by molar-refractivity contribution is -0.116. The lowest BCUT2D eigenvalue weighted by Crippen LogP contribution is -2.51. The first kappa shape index (κ1) is 19.8. The molecule has 0 atom stereocenters. The molecule has 1 saturated heterocycles. The van der Waals surface area contributed by atoms with Crippen molar-refractivity contribution in [3.63, 3.8) is 0 Å². The molecule has 27 heavy (non-hydrogen) atoms. The molecule has 9 heteroatoms. The molecule has 1 N–H and O–H groups in total. The second-order valence-corrected chi connectivity index (χ2v) is 8.58. The third-order valence-electron chi connectivity index (χ3n) is 4.14. The summed E-state index contributed by atoms with van der Waals surface area (Å²) in [6.07, 6.45) is 0.582. The molecule has 1 amide bonds. The van der Waals surface area contributed by atoms with Crippen molar-refractivity contribution >= 4 is 33.4 Å². The molecule has 2 aromatic rings. The Morgan fingerprint density at radius 3 is 2.59 bits per heavy atom. The first-order valence-electron chi connectivity index (χ1n) is 8.40. The molecule has 0 radical (unpaired) electrons. The third-order valence-corrected chi connectivity index (χ3v) is 6.31. The molecule has 0 saturated carbocycles. The van der Waals surface area contributed by atoms with Crippen LogP contribution in [0.5, 0.6) is 0 Å². The predicted molar refractivity (Wildman–Crippen MR) is 102 cm³/mol. The Balaban J connectivity index is 1.67. The SMILES string of the molecule is O=C(CN1CCCN(Cc2cccc(F)c2)S1(=O)=O)Nc1cccc(Cl)c1. The van der Waals surface area contributed by atoms with Crippen molar-refractivity contribution in [2.24, 2.45) is 0 Å². The molecular formula is C18H19ClFN3O3S. The van der Waals surface area contributed by atoms with Crippen molar-refractivity contribution in [1.82, 2.24) is 8.61 Å². The van der Waals surface area contributed by atoms with Gasteiger partial charge in [-0.2, -0.15) is 17.0 Å². The van der Waals surface area contributed by atoms with Gasteiger partial charge in [-0.15, -0.1) is 0 Å². The Labute approximate surface area is 162 Å². The van der Waals surface area contributed by atoms with E-state index in [4.69, 9.17) is 11.6 Å². The topological polar surface area (TPSA) is 69.7 Å². The summed E-state index contributed by atoms with van der Waals surface area (Å²) in [6.45, 7) is 0.344. The monoisotopic (exact) mass is 411 g/mol. The van der Waals surface area contributed by atoms with Crippen LogP contribution >= 0.6 is 11.6 Å². The fourth-order valence-corrected chi connectivity index (χ4v) is 4.73. The average molecular weight is 412 g/mol. The van der Waals surface area contributed by atoms with E-state index >= 15 is 0 Å². The van der Waals surface area contributed by atoms with Crippen LogP contribution in [0.15, 0.2) is 48.5 Å². The minimum Gasteiger partial charge on any atom is -0.325 e. The first-order chi connectivity index (χ1) is 12.8. The summed E-state index contributed by atoms with van der Waals surface area (Å²) in [7, 11) is -3.81. The van der Waals surface area contributed by atoms with E-state index in [9.17, 15) is 17.6 Å². The van der Waals surface area contributed by atoms with Gasteiger partial charge in [-0.3, -0.25) is 4.79 Å². The Morgan fingerprint density at radius 1 is 1.11 bits per heavy atom. The zero-order valence-electron chi connectivity index (χ0n) is 14.4. The van der Waals surface area contributed by atoms with Gasteiger partial charge >= 0.3 is 0 Å². The molecule has 0 spiro atoms. The number of hydrogen-bond donors (Lipinski definition) is 1. The molecule has 1 aliphatic heterocycles. The number of hydrogen-bond acceptors (Lipinski definition) is 3. The number of carbonyl (C=O) groups is 1. The summed E-state index contributed by atoms with van der Waals surface area (Å²) in [4.78, 5) is 12.3. The smallest absolute Gasteiger partial charge is 0.282 e. The van der Waals surface area contributed by atoms with E-state index in [1.54, 1.807) is 30.3 Å². The lowest BCUT2D eigenvalue weighted by Gasteiger charge is -2.34. The number of nitrogens with zero attached hydrogens (tertiary/aromatic N) is 2. The minimum absolute atomic E-state index is 0.0620. The first-order valence-corrected chi connectivity index (χ1v) is 10.2. The lowest BCUT2D eigenvalue weighted by atomic mass is 10.2. The molecule has 6 nitrogen and oxygen atoms in total. The number of benzene rings is 2. The number of anilines is 1. The van der Waals surface area contributed by atoms with E-state index in [2.05, 4.69) is 5.32 Å². The van der Waals surface area contributed by atoms with Crippen molar-refractivity contribution in [3.05, 3.63) is 64.9 Å². The highest BCUT2D eigenvalue weighted by molar-refractivity contribution is 7.86. The van der Waals surface area contributed by atoms with Gasteiger partial charge in [0.1, 0.15) is 5.82 Å². The van der Waals surface area contributed by atoms with Crippen molar-refractivity contribution in [3.8, 4) is 0 Å². The highest BCUT2D eigenvalue weighted by Gasteiger charge is 2.34. The summed E-state index contributed by atoms with van der Waals surface area (Å²) in [5, 5.41) is 3.11. The van der Waals surface area contributed by atoms with Gasteiger partial charge in [-0.25, -0.2) is 4.39 Å². The molecule has 0 aromatic heterocycles. The van der Waals surface area contributed by atoms with E-state index in [0.717, 1.165) is 4.31 Å². The molecule has 144 valence electrons. The molecule has 0 bridgehead atoms. The quantitative estimate of drug-likeness (QED) is 0.822. The number of amides is 1. The molecule has 2 aromatic carbocycles. The van der Waals surface area contributed by atoms with Crippen LogP contribution in [0.4, 0.5) is 10.1 Å². The fraction of sp³-hybridized carbons (Fsp3) is 0.278. The van der Waals surface area contributed by atoms with Gasteiger partial charge in [0.2, 0.25) is 5.91 Å². The van der Waals surface area contributed by atoms with Gasteiger partial charge in [0, 0.05) is 30.3 Å². The molecule has 0 unspecified atom stereocenters. The van der Waals surface area contributed by atoms with Crippen LogP contribution in [0.3, 0.4) is 0 Å². The minimum atomic E-state index is -3.81. The number of rotatable bonds is 5. The van der Waals surface area contributed by atoms with Crippen LogP contribution < -0.4 is 5.32 Å². The van der Waals surface area contributed by atoms with Gasteiger partial charge in [-0.1, -0.05) is 29.8 Å². The van der Waals surface area contributed by atoms with Crippen LogP contribution in [-0.2, 0) is 21.5 Å². The van der Waals surface area contributed by atoms with Crippen LogP contribution in [-0.4, -0.2) is 42.6 Å². The second-order valence-electron chi connectivity index (χ2n) is 6.22. The standard InChI is InChI=1S/C18H19ClFN3O3S/c19-15-5-2-7-17(11-15)21-18(24)13-23-9-3-8-22(27(23,25)26)12-14-4-1-6-16(20)10-14/h1-2,4-7,10-11H,3,8-9,12-13H2,(H,21,24). The molecule has 0 aliphatic carbocycles. The van der Waals surface area contributed by atoms with Crippen LogP contribution in [0.25, 0.3) is 0 Å².